The van der Waals surface area contributed by atoms with Crippen LogP contribution in [0.5, 0.6) is 5.88 Å². The molecule has 1 aromatic rings. The molecule has 0 fully saturated rings. The van der Waals surface area contributed by atoms with Crippen molar-refractivity contribution >= 4 is 17.2 Å². The Balaban J connectivity index is 2.70. The molecule has 17 heavy (non-hydrogen) atoms. The van der Waals surface area contributed by atoms with Crippen molar-refractivity contribution in [3.63, 3.8) is 0 Å². The second-order valence-electron chi connectivity index (χ2n) is 3.10. The smallest absolute Gasteiger partial charge is 0.340 e. The lowest BCUT2D eigenvalue weighted by Gasteiger charge is -2.15. The normalized spacial score (nSPS) is 11.6. The highest BCUT2D eigenvalue weighted by atomic mass is 32.1. The molecule has 0 atom stereocenters. The Bertz CT molecular complexity index is 414. The van der Waals surface area contributed by atoms with Gasteiger partial charge in [0, 0.05) is 17.8 Å². The maximum atomic E-state index is 12.5. The van der Waals surface area contributed by atoms with Crippen LogP contribution in [0.25, 0.3) is 0 Å². The maximum Gasteiger partial charge on any atom is 0.340 e. The molecule has 0 aliphatic rings. The minimum atomic E-state index is -4.22. The molecule has 3 nitrogen and oxygen atoms in total. The average molecular weight is 268 g/mol. The van der Waals surface area contributed by atoms with Gasteiger partial charge in [0.15, 0.2) is 6.61 Å². The Morgan fingerprint density at radius 3 is 2.71 bits per heavy atom. The van der Waals surface area contributed by atoms with Crippen LogP contribution < -0.4 is 10.5 Å². The predicted octanol–water partition coefficient (Wildman–Crippen LogP) is 2.00. The summed E-state index contributed by atoms with van der Waals surface area (Å²) in [5.74, 6) is -4.46. The predicted molar refractivity (Wildman–Crippen MR) is 56.6 cm³/mol. The van der Waals surface area contributed by atoms with Crippen LogP contribution in [0.1, 0.15) is 5.56 Å². The molecule has 0 bridgehead atoms. The summed E-state index contributed by atoms with van der Waals surface area (Å²) in [5, 5.41) is 0. The van der Waals surface area contributed by atoms with Crippen LogP contribution >= 0.6 is 12.2 Å². The summed E-state index contributed by atoms with van der Waals surface area (Å²) >= 11 is 4.65. The first kappa shape index (κ1) is 13.6. The van der Waals surface area contributed by atoms with Crippen LogP contribution in [-0.4, -0.2) is 28.9 Å². The molecule has 0 unspecified atom stereocenters. The molecule has 0 aliphatic carbocycles. The minimum Gasteiger partial charge on any atom is -0.471 e. The first-order valence-corrected chi connectivity index (χ1v) is 4.78. The third kappa shape index (κ3) is 3.81. The quantitative estimate of drug-likeness (QED) is 0.655. The van der Waals surface area contributed by atoms with E-state index in [1.54, 1.807) is 0 Å². The van der Waals surface area contributed by atoms with Crippen molar-refractivity contribution in [2.45, 2.75) is 12.3 Å². The summed E-state index contributed by atoms with van der Waals surface area (Å²) in [4.78, 5) is 3.59. The van der Waals surface area contributed by atoms with Crippen LogP contribution in [0.3, 0.4) is 0 Å². The van der Waals surface area contributed by atoms with Crippen LogP contribution in [0.15, 0.2) is 18.3 Å². The zero-order valence-corrected chi connectivity index (χ0v) is 9.19. The van der Waals surface area contributed by atoms with Crippen LogP contribution in [-0.2, 0) is 0 Å². The Morgan fingerprint density at radius 1 is 1.53 bits per heavy atom. The van der Waals surface area contributed by atoms with Gasteiger partial charge in [-0.3, -0.25) is 0 Å². The maximum absolute atomic E-state index is 12.5. The molecule has 0 aliphatic heterocycles. The summed E-state index contributed by atoms with van der Waals surface area (Å²) in [6.45, 7) is -1.46. The van der Waals surface area contributed by atoms with Crippen molar-refractivity contribution in [1.82, 2.24) is 4.98 Å². The van der Waals surface area contributed by atoms with Crippen LogP contribution in [0.2, 0.25) is 0 Å². The molecule has 1 rings (SSSR count). The van der Waals surface area contributed by atoms with Crippen molar-refractivity contribution in [2.75, 3.05) is 6.61 Å². The first-order chi connectivity index (χ1) is 7.83. The van der Waals surface area contributed by atoms with Gasteiger partial charge in [0.1, 0.15) is 4.99 Å². The number of thiocarbonyl (C=S) groups is 1. The second kappa shape index (κ2) is 5.26. The van der Waals surface area contributed by atoms with Crippen molar-refractivity contribution in [2.24, 2.45) is 5.73 Å². The van der Waals surface area contributed by atoms with Crippen molar-refractivity contribution in [3.05, 3.63) is 23.9 Å². The van der Waals surface area contributed by atoms with Gasteiger partial charge < -0.3 is 10.5 Å². The molecule has 0 spiro atoms. The molecular weight excluding hydrogens is 260 g/mol. The van der Waals surface area contributed by atoms with Gasteiger partial charge in [-0.1, -0.05) is 12.2 Å². The summed E-state index contributed by atoms with van der Waals surface area (Å²) in [6, 6.07) is 2.64. The Kier molecular flexibility index (Phi) is 4.22. The summed E-state index contributed by atoms with van der Waals surface area (Å²) in [7, 11) is 0. The molecule has 0 amide bonds. The summed E-state index contributed by atoms with van der Waals surface area (Å²) in [5.41, 5.74) is 5.64. The van der Waals surface area contributed by atoms with E-state index in [0.29, 0.717) is 5.56 Å². The van der Waals surface area contributed by atoms with Gasteiger partial charge in [-0.25, -0.2) is 13.8 Å². The molecule has 8 heteroatoms. The number of halogens is 4. The number of hydrogen-bond acceptors (Lipinski definition) is 3. The number of ether oxygens (including phenoxy) is 1. The molecule has 0 radical (unpaired) electrons. The number of alkyl halides is 4. The fourth-order valence-electron chi connectivity index (χ4n) is 0.875. The van der Waals surface area contributed by atoms with E-state index in [9.17, 15) is 17.6 Å². The van der Waals surface area contributed by atoms with Crippen LogP contribution in [0.4, 0.5) is 17.6 Å². The van der Waals surface area contributed by atoms with E-state index in [2.05, 4.69) is 21.9 Å². The molecule has 0 saturated carbocycles. The van der Waals surface area contributed by atoms with E-state index in [0.717, 1.165) is 0 Å². The van der Waals surface area contributed by atoms with Gasteiger partial charge in [0.25, 0.3) is 0 Å². The molecule has 0 saturated heterocycles. The highest BCUT2D eigenvalue weighted by Crippen LogP contribution is 2.23. The zero-order valence-electron chi connectivity index (χ0n) is 8.37. The number of nitrogens with two attached hydrogens (primary N) is 1. The average Bonchev–Trinajstić information content (AvgIpc) is 2.26. The Morgan fingerprint density at radius 2 is 2.18 bits per heavy atom. The van der Waals surface area contributed by atoms with E-state index >= 15 is 0 Å². The largest absolute Gasteiger partial charge is 0.471 e. The first-order valence-electron chi connectivity index (χ1n) is 4.37. The fraction of sp³-hybridized carbons (Fsp3) is 0.333. The molecule has 2 N–H and O–H groups in total. The monoisotopic (exact) mass is 268 g/mol. The molecule has 0 aromatic carbocycles. The minimum absolute atomic E-state index is 0.0258. The molecule has 1 heterocycles. The number of aromatic nitrogens is 1. The zero-order chi connectivity index (χ0) is 13.1. The third-order valence-electron chi connectivity index (χ3n) is 1.75. The van der Waals surface area contributed by atoms with E-state index in [1.807, 2.05) is 0 Å². The van der Waals surface area contributed by atoms with E-state index < -0.39 is 19.0 Å². The van der Waals surface area contributed by atoms with Gasteiger partial charge >= 0.3 is 12.3 Å². The Labute approximate surface area is 99.6 Å². The van der Waals surface area contributed by atoms with E-state index in [4.69, 9.17) is 5.73 Å². The Hall–Kier alpha value is -1.44. The number of nitrogens with zero attached hydrogens (tertiary/aromatic N) is 1. The lowest BCUT2D eigenvalue weighted by atomic mass is 10.3. The van der Waals surface area contributed by atoms with E-state index in [1.165, 1.54) is 18.3 Å². The van der Waals surface area contributed by atoms with Crippen molar-refractivity contribution < 1.29 is 22.3 Å². The van der Waals surface area contributed by atoms with Crippen LogP contribution in [0, 0.1) is 0 Å². The lowest BCUT2D eigenvalue weighted by Crippen LogP contribution is -2.33. The van der Waals surface area contributed by atoms with Gasteiger partial charge in [-0.2, -0.15) is 8.78 Å². The van der Waals surface area contributed by atoms with Crippen molar-refractivity contribution in [3.8, 4) is 5.88 Å². The van der Waals surface area contributed by atoms with E-state index in [-0.39, 0.29) is 10.9 Å². The van der Waals surface area contributed by atoms with Gasteiger partial charge in [-0.05, 0) is 6.07 Å². The summed E-state index contributed by atoms with van der Waals surface area (Å²) in [6.07, 6.45) is -2.56. The molecule has 1 aromatic heterocycles. The fourth-order valence-corrected chi connectivity index (χ4v) is 1.00. The second-order valence-corrected chi connectivity index (χ2v) is 3.54. The lowest BCUT2D eigenvalue weighted by molar-refractivity contribution is -0.148. The highest BCUT2D eigenvalue weighted by Gasteiger charge is 2.41. The number of rotatable bonds is 5. The van der Waals surface area contributed by atoms with Crippen molar-refractivity contribution in [1.29, 1.82) is 0 Å². The SMILES string of the molecule is NC(=S)c1ccnc(OCC(F)(F)C(F)F)c1. The molecule has 94 valence electrons. The standard InChI is InChI=1S/C9H8F4N2OS/c10-8(11)9(12,13)4-16-6-3-5(7(14)17)1-2-15-6/h1-3,8H,4H2,(H2,14,17). The number of hydrogen-bond donors (Lipinski definition) is 1. The summed E-state index contributed by atoms with van der Waals surface area (Å²) < 4.78 is 53.2. The third-order valence-corrected chi connectivity index (χ3v) is 1.99. The topological polar surface area (TPSA) is 48.1 Å². The van der Waals surface area contributed by atoms with Gasteiger partial charge in [0.2, 0.25) is 5.88 Å². The van der Waals surface area contributed by atoms with Gasteiger partial charge in [-0.15, -0.1) is 0 Å². The highest BCUT2D eigenvalue weighted by molar-refractivity contribution is 7.80. The molecular formula is C9H8F4N2OS. The van der Waals surface area contributed by atoms with Gasteiger partial charge in [0.05, 0.1) is 0 Å². The number of pyridine rings is 1.